The Morgan fingerprint density at radius 3 is 1.88 bits per heavy atom. The minimum Gasteiger partial charge on any atom is -0.550 e. The average Bonchev–Trinajstić information content (AvgIpc) is 2.95. The molecule has 130 valence electrons. The SMILES string of the molecule is O=C([O-])CCC(N1C(=O)C=CC1=O)(N1C(=O)CCC1=O)S(=O)(=O)O.[Na+]. The number of hydrogen-bond acceptors (Lipinski definition) is 8. The maximum atomic E-state index is 12.0. The molecule has 0 saturated carbocycles. The molecule has 1 N–H and O–H groups in total. The number of rotatable bonds is 6. The van der Waals surface area contributed by atoms with Crippen LogP contribution >= 0.6 is 0 Å². The van der Waals surface area contributed by atoms with E-state index in [0.29, 0.717) is 12.2 Å². The molecule has 0 aromatic rings. The van der Waals surface area contributed by atoms with Crippen LogP contribution in [0.1, 0.15) is 25.7 Å². The van der Waals surface area contributed by atoms with Crippen LogP contribution in [0.2, 0.25) is 0 Å². The predicted octanol–water partition coefficient (Wildman–Crippen LogP) is -5.86. The van der Waals surface area contributed by atoms with Crippen LogP contribution < -0.4 is 34.7 Å². The standard InChI is InChI=1S/C12H12N2O9S.Na/c15-7-1-2-8(16)13(7)12(24(21,22)23,6-5-11(19)20)14-9(17)3-4-10(14)18;/h1-2H,3-6H2,(H,19,20)(H,21,22,23);/q;+1/p-1. The predicted molar refractivity (Wildman–Crippen MR) is 70.6 cm³/mol. The number of amides is 4. The number of nitrogens with zero attached hydrogens (tertiary/aromatic N) is 2. The Hall–Kier alpha value is -1.60. The zero-order chi connectivity index (χ0) is 18.3. The summed E-state index contributed by atoms with van der Waals surface area (Å²) in [7, 11) is -5.48. The van der Waals surface area contributed by atoms with Crippen LogP contribution in [0.3, 0.4) is 0 Å². The average molecular weight is 382 g/mol. The number of carbonyl (C=O) groups excluding carboxylic acids is 5. The molecule has 1 fully saturated rings. The smallest absolute Gasteiger partial charge is 0.550 e. The zero-order valence-electron chi connectivity index (χ0n) is 13.0. The number of carbonyl (C=O) groups is 5. The molecular weight excluding hydrogens is 371 g/mol. The molecule has 1 atom stereocenters. The molecular formula is C12H11N2NaO9S. The van der Waals surface area contributed by atoms with Gasteiger partial charge in [0.05, 0.1) is 0 Å². The molecule has 0 bridgehead atoms. The van der Waals surface area contributed by atoms with Crippen LogP contribution in [-0.4, -0.2) is 57.4 Å². The molecule has 0 aliphatic carbocycles. The van der Waals surface area contributed by atoms with E-state index in [0.717, 1.165) is 0 Å². The van der Waals surface area contributed by atoms with Crippen molar-refractivity contribution in [2.75, 3.05) is 0 Å². The fraction of sp³-hybridized carbons (Fsp3) is 0.417. The Kier molecular flexibility index (Phi) is 6.29. The van der Waals surface area contributed by atoms with Gasteiger partial charge in [0.15, 0.2) is 0 Å². The van der Waals surface area contributed by atoms with E-state index in [1.54, 1.807) is 0 Å². The van der Waals surface area contributed by atoms with E-state index < -0.39 is 70.4 Å². The number of carboxylic acid groups (broad SMARTS) is 1. The molecule has 0 aromatic carbocycles. The van der Waals surface area contributed by atoms with Crippen LogP contribution in [0.25, 0.3) is 0 Å². The van der Waals surface area contributed by atoms with Gasteiger partial charge in [-0.15, -0.1) is 0 Å². The van der Waals surface area contributed by atoms with Crippen molar-refractivity contribution in [2.45, 2.75) is 30.7 Å². The molecule has 2 aliphatic rings. The third kappa shape index (κ3) is 3.53. The Bertz CT molecular complexity index is 752. The van der Waals surface area contributed by atoms with Crippen LogP contribution in [0, 0.1) is 0 Å². The van der Waals surface area contributed by atoms with E-state index in [-0.39, 0.29) is 39.4 Å². The molecule has 2 rings (SSSR count). The van der Waals surface area contributed by atoms with Crippen molar-refractivity contribution in [3.8, 4) is 0 Å². The first-order valence-corrected chi connectivity index (χ1v) is 8.05. The van der Waals surface area contributed by atoms with Gasteiger partial charge in [0.2, 0.25) is 11.8 Å². The van der Waals surface area contributed by atoms with Gasteiger partial charge in [0.25, 0.3) is 16.8 Å². The maximum absolute atomic E-state index is 12.0. The van der Waals surface area contributed by atoms with Crippen molar-refractivity contribution in [1.29, 1.82) is 0 Å². The van der Waals surface area contributed by atoms with E-state index >= 15 is 0 Å². The molecule has 2 aliphatic heterocycles. The fourth-order valence-corrected chi connectivity index (χ4v) is 3.86. The number of imide groups is 2. The molecule has 4 amide bonds. The largest absolute Gasteiger partial charge is 1.00 e. The van der Waals surface area contributed by atoms with Gasteiger partial charge in [-0.1, -0.05) is 0 Å². The third-order valence-corrected chi connectivity index (χ3v) is 5.02. The quantitative estimate of drug-likeness (QED) is 0.267. The summed E-state index contributed by atoms with van der Waals surface area (Å²) in [6.45, 7) is 0. The third-order valence-electron chi connectivity index (χ3n) is 3.63. The fourth-order valence-electron chi connectivity index (χ4n) is 2.66. The Morgan fingerprint density at radius 2 is 1.52 bits per heavy atom. The van der Waals surface area contributed by atoms with Gasteiger partial charge in [-0.3, -0.25) is 23.7 Å². The van der Waals surface area contributed by atoms with E-state index in [4.69, 9.17) is 0 Å². The van der Waals surface area contributed by atoms with Gasteiger partial charge in [0, 0.05) is 37.4 Å². The Balaban J connectivity index is 0.00000312. The van der Waals surface area contributed by atoms with Crippen LogP contribution in [-0.2, 0) is 34.1 Å². The number of aliphatic carboxylic acids is 1. The van der Waals surface area contributed by atoms with E-state index in [1.165, 1.54) is 0 Å². The Morgan fingerprint density at radius 1 is 1.08 bits per heavy atom. The summed E-state index contributed by atoms with van der Waals surface area (Å²) < 4.78 is 33.8. The Labute approximate surface area is 163 Å². The summed E-state index contributed by atoms with van der Waals surface area (Å²) in [5.74, 6) is -6.34. The number of likely N-dealkylation sites (tertiary alicyclic amines) is 1. The van der Waals surface area contributed by atoms with E-state index in [9.17, 15) is 42.0 Å². The summed E-state index contributed by atoms with van der Waals surface area (Å²) in [6, 6.07) is 0. The molecule has 11 nitrogen and oxygen atoms in total. The zero-order valence-corrected chi connectivity index (χ0v) is 15.8. The minimum absolute atomic E-state index is 0. The first-order chi connectivity index (χ1) is 11.0. The molecule has 0 radical (unpaired) electrons. The monoisotopic (exact) mass is 382 g/mol. The van der Waals surface area contributed by atoms with Crippen molar-refractivity contribution in [1.82, 2.24) is 9.80 Å². The van der Waals surface area contributed by atoms with Gasteiger partial charge in [-0.05, 0) is 6.42 Å². The molecule has 25 heavy (non-hydrogen) atoms. The van der Waals surface area contributed by atoms with Gasteiger partial charge >= 0.3 is 39.7 Å². The topological polar surface area (TPSA) is 169 Å². The van der Waals surface area contributed by atoms with E-state index in [1.807, 2.05) is 0 Å². The molecule has 0 spiro atoms. The normalized spacial score (nSPS) is 20.0. The van der Waals surface area contributed by atoms with Crippen LogP contribution in [0.4, 0.5) is 0 Å². The van der Waals surface area contributed by atoms with Crippen molar-refractivity contribution < 1.29 is 71.6 Å². The summed E-state index contributed by atoms with van der Waals surface area (Å²) in [5, 5.41) is 10.7. The molecule has 2 heterocycles. The second-order valence-electron chi connectivity index (χ2n) is 5.06. The van der Waals surface area contributed by atoms with Crippen LogP contribution in [0.5, 0.6) is 0 Å². The van der Waals surface area contributed by atoms with Crippen molar-refractivity contribution in [3.05, 3.63) is 12.2 Å². The molecule has 13 heteroatoms. The second-order valence-corrected chi connectivity index (χ2v) is 6.66. The maximum Gasteiger partial charge on any atom is 1.00 e. The first-order valence-electron chi connectivity index (χ1n) is 6.61. The number of carboxylic acids is 1. The summed E-state index contributed by atoms with van der Waals surface area (Å²) in [5.41, 5.74) is 0. The van der Waals surface area contributed by atoms with Crippen molar-refractivity contribution in [2.24, 2.45) is 0 Å². The van der Waals surface area contributed by atoms with Gasteiger partial charge in [-0.25, -0.2) is 9.80 Å². The second kappa shape index (κ2) is 7.33. The molecule has 1 saturated heterocycles. The minimum atomic E-state index is -5.48. The van der Waals surface area contributed by atoms with Gasteiger partial charge < -0.3 is 9.90 Å². The van der Waals surface area contributed by atoms with Crippen molar-refractivity contribution in [3.63, 3.8) is 0 Å². The molecule has 0 aromatic heterocycles. The van der Waals surface area contributed by atoms with Crippen molar-refractivity contribution >= 4 is 39.7 Å². The molecule has 1 unspecified atom stereocenters. The van der Waals surface area contributed by atoms with Gasteiger partial charge in [0.1, 0.15) is 0 Å². The summed E-state index contributed by atoms with van der Waals surface area (Å²) in [4.78, 5) is 55.5. The van der Waals surface area contributed by atoms with Crippen LogP contribution in [0.15, 0.2) is 12.2 Å². The summed E-state index contributed by atoms with van der Waals surface area (Å²) >= 11 is 0. The van der Waals surface area contributed by atoms with Gasteiger partial charge in [-0.2, -0.15) is 8.42 Å². The number of hydrogen-bond donors (Lipinski definition) is 1. The van der Waals surface area contributed by atoms with E-state index in [2.05, 4.69) is 0 Å². The summed E-state index contributed by atoms with van der Waals surface area (Å²) in [6.07, 6.45) is -1.65. The first kappa shape index (κ1) is 21.4.